The summed E-state index contributed by atoms with van der Waals surface area (Å²) in [6.45, 7) is 4.14. The number of hydrogen-bond acceptors (Lipinski definition) is 4. The summed E-state index contributed by atoms with van der Waals surface area (Å²) in [6.07, 6.45) is 1.95. The molecule has 0 spiro atoms. The van der Waals surface area contributed by atoms with Crippen LogP contribution in [-0.4, -0.2) is 24.6 Å². The highest BCUT2D eigenvalue weighted by atomic mass is 16.5. The van der Waals surface area contributed by atoms with E-state index in [4.69, 9.17) is 4.74 Å². The summed E-state index contributed by atoms with van der Waals surface area (Å²) in [6, 6.07) is 13.3. The lowest BCUT2D eigenvalue weighted by Gasteiger charge is -2.42. The molecule has 0 saturated carbocycles. The standard InChI is InChI=1S/C21H19N3O4/c1-21(2)16-10-11-22-19(26)23(13-6-4-3-5-7-13)20(27)24(22)18(16)15-9-8-14(25)12-17(15)28-21/h3-10,12,18,25H,11H2,1-2H3/t18-/m0/s1. The Morgan fingerprint density at radius 2 is 1.82 bits per heavy atom. The number of aromatic nitrogens is 3. The van der Waals surface area contributed by atoms with Crippen LogP contribution < -0.4 is 16.1 Å². The first-order valence-corrected chi connectivity index (χ1v) is 9.11. The Hall–Kier alpha value is -3.48. The van der Waals surface area contributed by atoms with E-state index in [1.807, 2.05) is 26.0 Å². The van der Waals surface area contributed by atoms with E-state index in [-0.39, 0.29) is 11.4 Å². The molecule has 7 nitrogen and oxygen atoms in total. The van der Waals surface area contributed by atoms with Crippen LogP contribution in [-0.2, 0) is 6.54 Å². The predicted octanol–water partition coefficient (Wildman–Crippen LogP) is 2.21. The fourth-order valence-electron chi connectivity index (χ4n) is 4.18. The molecule has 1 atom stereocenters. The Balaban J connectivity index is 1.81. The van der Waals surface area contributed by atoms with E-state index in [9.17, 15) is 14.7 Å². The van der Waals surface area contributed by atoms with Crippen molar-refractivity contribution >= 4 is 0 Å². The lowest BCUT2D eigenvalue weighted by atomic mass is 9.83. The first-order valence-electron chi connectivity index (χ1n) is 9.11. The van der Waals surface area contributed by atoms with Gasteiger partial charge in [-0.05, 0) is 43.7 Å². The van der Waals surface area contributed by atoms with E-state index in [2.05, 4.69) is 0 Å². The maximum Gasteiger partial charge on any atom is 0.352 e. The molecule has 3 heterocycles. The van der Waals surface area contributed by atoms with Crippen molar-refractivity contribution in [3.8, 4) is 17.2 Å². The molecule has 0 amide bonds. The molecule has 0 unspecified atom stereocenters. The monoisotopic (exact) mass is 377 g/mol. The van der Waals surface area contributed by atoms with E-state index in [1.165, 1.54) is 13.9 Å². The molecule has 28 heavy (non-hydrogen) atoms. The number of nitrogens with zero attached hydrogens (tertiary/aromatic N) is 3. The fourth-order valence-corrected chi connectivity index (χ4v) is 4.18. The van der Waals surface area contributed by atoms with Crippen molar-refractivity contribution < 1.29 is 9.84 Å². The summed E-state index contributed by atoms with van der Waals surface area (Å²) in [7, 11) is 0. The van der Waals surface area contributed by atoms with Gasteiger partial charge >= 0.3 is 11.4 Å². The number of phenols is 1. The summed E-state index contributed by atoms with van der Waals surface area (Å²) >= 11 is 0. The minimum absolute atomic E-state index is 0.0874. The van der Waals surface area contributed by atoms with Gasteiger partial charge in [0.15, 0.2) is 0 Å². The van der Waals surface area contributed by atoms with Crippen LogP contribution >= 0.6 is 0 Å². The molecule has 2 aromatic carbocycles. The maximum absolute atomic E-state index is 13.4. The fraction of sp³-hybridized carbons (Fsp3) is 0.238. The number of allylic oxidation sites excluding steroid dienone is 1. The van der Waals surface area contributed by atoms with E-state index in [0.29, 0.717) is 18.0 Å². The van der Waals surface area contributed by atoms with Gasteiger partial charge in [0.25, 0.3) is 0 Å². The van der Waals surface area contributed by atoms with Crippen molar-refractivity contribution in [2.75, 3.05) is 0 Å². The number of rotatable bonds is 1. The normalized spacial score (nSPS) is 19.1. The van der Waals surface area contributed by atoms with Gasteiger partial charge in [0, 0.05) is 11.6 Å². The molecule has 0 bridgehead atoms. The Bertz CT molecular complexity index is 1240. The van der Waals surface area contributed by atoms with Gasteiger partial charge in [0.2, 0.25) is 0 Å². The lowest BCUT2D eigenvalue weighted by molar-refractivity contribution is 0.113. The SMILES string of the molecule is CC1(C)Oc2cc(O)ccc2[C@H]2C1=CCn1c(=O)n(-c3ccccc3)c(=O)n12. The van der Waals surface area contributed by atoms with Gasteiger partial charge in [-0.3, -0.25) is 0 Å². The molecule has 3 aromatic rings. The summed E-state index contributed by atoms with van der Waals surface area (Å²) in [4.78, 5) is 26.4. The predicted molar refractivity (Wildman–Crippen MR) is 103 cm³/mol. The second-order valence-electron chi connectivity index (χ2n) is 7.56. The molecule has 2 aliphatic rings. The maximum atomic E-state index is 13.4. The van der Waals surface area contributed by atoms with E-state index < -0.39 is 17.3 Å². The zero-order valence-corrected chi connectivity index (χ0v) is 15.5. The molecule has 0 saturated heterocycles. The smallest absolute Gasteiger partial charge is 0.352 e. The van der Waals surface area contributed by atoms with Gasteiger partial charge in [-0.1, -0.05) is 24.3 Å². The summed E-state index contributed by atoms with van der Waals surface area (Å²) in [5, 5.41) is 9.88. The van der Waals surface area contributed by atoms with Crippen molar-refractivity contribution in [3.63, 3.8) is 0 Å². The van der Waals surface area contributed by atoms with Gasteiger partial charge in [-0.2, -0.15) is 0 Å². The summed E-state index contributed by atoms with van der Waals surface area (Å²) in [5.74, 6) is 0.594. The topological polar surface area (TPSA) is 78.4 Å². The second kappa shape index (κ2) is 5.51. The van der Waals surface area contributed by atoms with Crippen LogP contribution in [0.4, 0.5) is 0 Å². The number of aromatic hydroxyl groups is 1. The molecule has 1 N–H and O–H groups in total. The molecule has 0 aliphatic carbocycles. The molecule has 142 valence electrons. The summed E-state index contributed by atoms with van der Waals surface area (Å²) < 4.78 is 10.3. The van der Waals surface area contributed by atoms with Gasteiger partial charge in [-0.25, -0.2) is 23.5 Å². The minimum Gasteiger partial charge on any atom is -0.508 e. The van der Waals surface area contributed by atoms with Crippen LogP contribution in [0.1, 0.15) is 25.5 Å². The minimum atomic E-state index is -0.680. The number of ether oxygens (including phenoxy) is 1. The lowest BCUT2D eigenvalue weighted by Crippen LogP contribution is -2.46. The van der Waals surface area contributed by atoms with Crippen molar-refractivity contribution in [3.05, 3.63) is 86.7 Å². The first kappa shape index (κ1) is 16.7. The number of fused-ring (bicyclic) bond motifs is 5. The second-order valence-corrected chi connectivity index (χ2v) is 7.56. The van der Waals surface area contributed by atoms with Crippen molar-refractivity contribution in [2.45, 2.75) is 32.0 Å². The molecule has 1 aromatic heterocycles. The molecular formula is C21H19N3O4. The van der Waals surface area contributed by atoms with Crippen LogP contribution in [0.3, 0.4) is 0 Å². The highest BCUT2D eigenvalue weighted by molar-refractivity contribution is 5.50. The highest BCUT2D eigenvalue weighted by Gasteiger charge is 2.43. The Morgan fingerprint density at radius 3 is 2.57 bits per heavy atom. The van der Waals surface area contributed by atoms with Crippen LogP contribution in [0.5, 0.6) is 11.5 Å². The molecule has 5 rings (SSSR count). The van der Waals surface area contributed by atoms with Crippen molar-refractivity contribution in [2.24, 2.45) is 0 Å². The van der Waals surface area contributed by atoms with Gasteiger partial charge < -0.3 is 9.84 Å². The quantitative estimate of drug-likeness (QED) is 0.660. The zero-order chi connectivity index (χ0) is 19.6. The van der Waals surface area contributed by atoms with Crippen molar-refractivity contribution in [1.82, 2.24) is 13.9 Å². The van der Waals surface area contributed by atoms with E-state index in [1.54, 1.807) is 42.5 Å². The zero-order valence-electron chi connectivity index (χ0n) is 15.5. The van der Waals surface area contributed by atoms with Crippen LogP contribution in [0.2, 0.25) is 0 Å². The highest BCUT2D eigenvalue weighted by Crippen LogP contribution is 2.46. The molecule has 0 radical (unpaired) electrons. The van der Waals surface area contributed by atoms with Gasteiger partial charge in [0.1, 0.15) is 23.1 Å². The number of benzene rings is 2. The Morgan fingerprint density at radius 1 is 1.07 bits per heavy atom. The van der Waals surface area contributed by atoms with Gasteiger partial charge in [0.05, 0.1) is 12.2 Å². The van der Waals surface area contributed by atoms with Crippen LogP contribution in [0.25, 0.3) is 5.69 Å². The van der Waals surface area contributed by atoms with Crippen LogP contribution in [0.15, 0.2) is 69.8 Å². The Kier molecular flexibility index (Phi) is 3.28. The third kappa shape index (κ3) is 2.16. The third-order valence-electron chi connectivity index (χ3n) is 5.45. The van der Waals surface area contributed by atoms with E-state index in [0.717, 1.165) is 11.1 Å². The average Bonchev–Trinajstić information content (AvgIpc) is 2.92. The van der Waals surface area contributed by atoms with Crippen LogP contribution in [0, 0.1) is 0 Å². The third-order valence-corrected chi connectivity index (χ3v) is 5.45. The average molecular weight is 377 g/mol. The number of para-hydroxylation sites is 1. The largest absolute Gasteiger partial charge is 0.508 e. The van der Waals surface area contributed by atoms with E-state index >= 15 is 0 Å². The van der Waals surface area contributed by atoms with Gasteiger partial charge in [-0.15, -0.1) is 0 Å². The summed E-state index contributed by atoms with van der Waals surface area (Å²) in [5.41, 5.74) is 0.730. The molecule has 7 heteroatoms. The molecule has 0 fully saturated rings. The van der Waals surface area contributed by atoms with Crippen molar-refractivity contribution in [1.29, 1.82) is 0 Å². The molecule has 2 aliphatic heterocycles. The number of hydrogen-bond donors (Lipinski definition) is 1. The molecular weight excluding hydrogens is 358 g/mol. The first-order chi connectivity index (χ1) is 13.4. The Labute approximate surface area is 160 Å². The number of phenolic OH excluding ortho intramolecular Hbond substituents is 1.